The van der Waals surface area contributed by atoms with Crippen LogP contribution in [0.4, 0.5) is 11.9 Å². The highest BCUT2D eigenvalue weighted by Crippen LogP contribution is 2.34. The zero-order valence-electron chi connectivity index (χ0n) is 12.1. The Morgan fingerprint density at radius 3 is 2.63 bits per heavy atom. The molecule has 0 saturated carbocycles. The molecular weight excluding hydrogens is 262 g/mol. The molecule has 19 heavy (non-hydrogen) atoms. The predicted octanol–water partition coefficient (Wildman–Crippen LogP) is 2.83. The first kappa shape index (κ1) is 14.3. The maximum Gasteiger partial charge on any atom is 0.231 e. The molecule has 1 fully saturated rings. The molecule has 0 amide bonds. The van der Waals surface area contributed by atoms with Crippen molar-refractivity contribution in [2.75, 3.05) is 29.9 Å². The quantitative estimate of drug-likeness (QED) is 0.924. The van der Waals surface area contributed by atoms with Crippen LogP contribution in [0.5, 0.6) is 0 Å². The third-order valence-corrected chi connectivity index (χ3v) is 3.80. The van der Waals surface area contributed by atoms with Crippen LogP contribution in [0.3, 0.4) is 0 Å². The lowest BCUT2D eigenvalue weighted by molar-refractivity contribution is 0.263. The average Bonchev–Trinajstić information content (AvgIpc) is 2.77. The molecule has 1 atom stereocenters. The maximum absolute atomic E-state index is 5.96. The molecular formula is C13H22ClN5. The van der Waals surface area contributed by atoms with Crippen LogP contribution in [0.2, 0.25) is 5.28 Å². The van der Waals surface area contributed by atoms with Crippen LogP contribution in [-0.2, 0) is 0 Å². The van der Waals surface area contributed by atoms with E-state index in [0.29, 0.717) is 23.2 Å². The lowest BCUT2D eigenvalue weighted by Crippen LogP contribution is -2.27. The van der Waals surface area contributed by atoms with Crippen molar-refractivity contribution in [3.63, 3.8) is 0 Å². The number of hydrogen-bond donors (Lipinski definition) is 1. The van der Waals surface area contributed by atoms with E-state index in [9.17, 15) is 0 Å². The fourth-order valence-corrected chi connectivity index (χ4v) is 2.52. The summed E-state index contributed by atoms with van der Waals surface area (Å²) in [6, 6.07) is 0. The molecule has 0 aromatic carbocycles. The molecule has 0 bridgehead atoms. The first-order valence-electron chi connectivity index (χ1n) is 6.80. The molecule has 0 radical (unpaired) electrons. The van der Waals surface area contributed by atoms with Crippen LogP contribution >= 0.6 is 11.6 Å². The number of hydrogen-bond acceptors (Lipinski definition) is 5. The molecule has 1 aromatic rings. The zero-order chi connectivity index (χ0) is 14.0. The van der Waals surface area contributed by atoms with E-state index in [1.807, 2.05) is 6.92 Å². The van der Waals surface area contributed by atoms with Crippen LogP contribution in [-0.4, -0.2) is 34.6 Å². The summed E-state index contributed by atoms with van der Waals surface area (Å²) < 4.78 is 0. The topological polar surface area (TPSA) is 53.9 Å². The van der Waals surface area contributed by atoms with Crippen molar-refractivity contribution in [2.24, 2.45) is 11.3 Å². The van der Waals surface area contributed by atoms with Gasteiger partial charge < -0.3 is 10.2 Å². The van der Waals surface area contributed by atoms with E-state index >= 15 is 0 Å². The minimum atomic E-state index is 0.250. The fraction of sp³-hybridized carbons (Fsp3) is 0.769. The summed E-state index contributed by atoms with van der Waals surface area (Å²) in [5.41, 5.74) is 0.316. The van der Waals surface area contributed by atoms with E-state index in [4.69, 9.17) is 11.6 Å². The predicted molar refractivity (Wildman–Crippen MR) is 78.8 cm³/mol. The third-order valence-electron chi connectivity index (χ3n) is 3.63. The summed E-state index contributed by atoms with van der Waals surface area (Å²) in [6.45, 7) is 11.6. The molecule has 0 spiro atoms. The van der Waals surface area contributed by atoms with E-state index in [1.165, 1.54) is 6.42 Å². The minimum Gasteiger partial charge on any atom is -0.354 e. The Morgan fingerprint density at radius 1 is 1.32 bits per heavy atom. The van der Waals surface area contributed by atoms with Crippen LogP contribution < -0.4 is 10.2 Å². The molecule has 1 aliphatic heterocycles. The lowest BCUT2D eigenvalue weighted by Gasteiger charge is -2.26. The number of rotatable bonds is 3. The van der Waals surface area contributed by atoms with Crippen molar-refractivity contribution >= 4 is 23.5 Å². The van der Waals surface area contributed by atoms with Crippen LogP contribution in [0, 0.1) is 11.3 Å². The van der Waals surface area contributed by atoms with E-state index in [1.54, 1.807) is 0 Å². The maximum atomic E-state index is 5.96. The Balaban J connectivity index is 2.15. The number of nitrogens with zero attached hydrogens (tertiary/aromatic N) is 4. The second-order valence-electron chi connectivity index (χ2n) is 6.06. The molecule has 6 heteroatoms. The van der Waals surface area contributed by atoms with Gasteiger partial charge in [0.2, 0.25) is 17.2 Å². The molecule has 1 N–H and O–H groups in total. The highest BCUT2D eigenvalue weighted by molar-refractivity contribution is 6.28. The summed E-state index contributed by atoms with van der Waals surface area (Å²) in [5.74, 6) is 1.89. The third kappa shape index (κ3) is 3.47. The summed E-state index contributed by atoms with van der Waals surface area (Å²) in [7, 11) is 0. The smallest absolute Gasteiger partial charge is 0.231 e. The molecule has 5 nitrogen and oxygen atoms in total. The molecule has 106 valence electrons. The van der Waals surface area contributed by atoms with Crippen molar-refractivity contribution < 1.29 is 0 Å². The molecule has 1 saturated heterocycles. The molecule has 2 heterocycles. The van der Waals surface area contributed by atoms with E-state index < -0.39 is 0 Å². The van der Waals surface area contributed by atoms with Crippen molar-refractivity contribution in [1.82, 2.24) is 15.0 Å². The minimum absolute atomic E-state index is 0.250. The van der Waals surface area contributed by atoms with E-state index in [-0.39, 0.29) is 5.28 Å². The van der Waals surface area contributed by atoms with Gasteiger partial charge in [0.25, 0.3) is 0 Å². The normalized spacial score (nSPS) is 19.8. The lowest BCUT2D eigenvalue weighted by atomic mass is 9.80. The second kappa shape index (κ2) is 5.49. The van der Waals surface area contributed by atoms with Gasteiger partial charge >= 0.3 is 0 Å². The van der Waals surface area contributed by atoms with Crippen molar-refractivity contribution in [3.05, 3.63) is 5.28 Å². The van der Waals surface area contributed by atoms with Crippen LogP contribution in [0.1, 0.15) is 34.1 Å². The van der Waals surface area contributed by atoms with Crippen molar-refractivity contribution in [1.29, 1.82) is 0 Å². The molecule has 0 aliphatic carbocycles. The fourth-order valence-electron chi connectivity index (χ4n) is 2.37. The van der Waals surface area contributed by atoms with Gasteiger partial charge in [-0.1, -0.05) is 20.8 Å². The number of aromatic nitrogens is 3. The average molecular weight is 284 g/mol. The Hall–Kier alpha value is -1.10. The molecule has 1 unspecified atom stereocenters. The highest BCUT2D eigenvalue weighted by atomic mass is 35.5. The van der Waals surface area contributed by atoms with Crippen molar-refractivity contribution in [3.8, 4) is 0 Å². The molecule has 2 rings (SSSR count). The largest absolute Gasteiger partial charge is 0.354 e. The number of nitrogens with one attached hydrogen (secondary N) is 1. The standard InChI is InChI=1S/C13H22ClN5/c1-5-15-11-16-10(14)17-12(18-11)19-7-6-9(8-19)13(2,3)4/h9H,5-8H2,1-4H3,(H,15,16,17,18). The van der Waals surface area contributed by atoms with Gasteiger partial charge in [-0.2, -0.15) is 15.0 Å². The van der Waals surface area contributed by atoms with Gasteiger partial charge in [-0.05, 0) is 36.3 Å². The summed E-state index contributed by atoms with van der Waals surface area (Å²) in [4.78, 5) is 14.9. The Morgan fingerprint density at radius 2 is 2.05 bits per heavy atom. The summed E-state index contributed by atoms with van der Waals surface area (Å²) in [6.07, 6.45) is 1.17. The van der Waals surface area contributed by atoms with Gasteiger partial charge in [0.15, 0.2) is 0 Å². The van der Waals surface area contributed by atoms with E-state index in [0.717, 1.165) is 19.6 Å². The Labute approximate surface area is 119 Å². The first-order valence-corrected chi connectivity index (χ1v) is 7.18. The zero-order valence-corrected chi connectivity index (χ0v) is 12.8. The highest BCUT2D eigenvalue weighted by Gasteiger charge is 2.33. The number of halogens is 1. The van der Waals surface area contributed by atoms with Gasteiger partial charge in [-0.15, -0.1) is 0 Å². The van der Waals surface area contributed by atoms with E-state index in [2.05, 4.69) is 45.9 Å². The Kier molecular flexibility index (Phi) is 4.13. The van der Waals surface area contributed by atoms with Gasteiger partial charge in [0.1, 0.15) is 0 Å². The Bertz CT molecular complexity index is 443. The monoisotopic (exact) mass is 283 g/mol. The summed E-state index contributed by atoms with van der Waals surface area (Å²) in [5, 5.41) is 3.33. The van der Waals surface area contributed by atoms with Gasteiger partial charge in [-0.3, -0.25) is 0 Å². The molecule has 1 aromatic heterocycles. The summed E-state index contributed by atoms with van der Waals surface area (Å²) >= 11 is 5.96. The van der Waals surface area contributed by atoms with Gasteiger partial charge in [-0.25, -0.2) is 0 Å². The van der Waals surface area contributed by atoms with Crippen LogP contribution in [0.15, 0.2) is 0 Å². The number of anilines is 2. The van der Waals surface area contributed by atoms with Crippen molar-refractivity contribution in [2.45, 2.75) is 34.1 Å². The first-order chi connectivity index (χ1) is 8.90. The van der Waals surface area contributed by atoms with Gasteiger partial charge in [0, 0.05) is 19.6 Å². The molecule has 1 aliphatic rings. The van der Waals surface area contributed by atoms with Crippen LogP contribution in [0.25, 0.3) is 0 Å². The second-order valence-corrected chi connectivity index (χ2v) is 6.39. The SMILES string of the molecule is CCNc1nc(Cl)nc(N2CCC(C(C)(C)C)C2)n1. The van der Waals surface area contributed by atoms with Gasteiger partial charge in [0.05, 0.1) is 0 Å².